The van der Waals surface area contributed by atoms with Crippen molar-refractivity contribution in [3.05, 3.63) is 63.2 Å². The van der Waals surface area contributed by atoms with Crippen molar-refractivity contribution in [3.8, 4) is 0 Å². The molecule has 0 radical (unpaired) electrons. The van der Waals surface area contributed by atoms with Crippen LogP contribution in [0.5, 0.6) is 0 Å². The van der Waals surface area contributed by atoms with Crippen LogP contribution in [-0.4, -0.2) is 16.6 Å². The predicted molar refractivity (Wildman–Crippen MR) is 83.8 cm³/mol. The highest BCUT2D eigenvalue weighted by Crippen LogP contribution is 2.31. The molecular formula is C14H9ClF2N2O3S. The lowest BCUT2D eigenvalue weighted by Gasteiger charge is -2.07. The van der Waals surface area contributed by atoms with Crippen molar-refractivity contribution in [2.75, 3.05) is 11.1 Å². The van der Waals surface area contributed by atoms with Crippen LogP contribution in [0.15, 0.2) is 41.3 Å². The summed E-state index contributed by atoms with van der Waals surface area (Å²) in [5, 5.41) is 13.4. The van der Waals surface area contributed by atoms with Gasteiger partial charge >= 0.3 is 0 Å². The maximum Gasteiger partial charge on any atom is 0.284 e. The summed E-state index contributed by atoms with van der Waals surface area (Å²) < 4.78 is 26.2. The Morgan fingerprint density at radius 3 is 2.65 bits per heavy atom. The molecule has 2 aromatic rings. The Bertz CT molecular complexity index is 774. The second-order valence-electron chi connectivity index (χ2n) is 4.33. The average molecular weight is 359 g/mol. The van der Waals surface area contributed by atoms with Gasteiger partial charge in [0.05, 0.1) is 21.3 Å². The zero-order valence-electron chi connectivity index (χ0n) is 11.4. The van der Waals surface area contributed by atoms with Gasteiger partial charge in [0, 0.05) is 17.2 Å². The number of benzene rings is 2. The van der Waals surface area contributed by atoms with E-state index >= 15 is 0 Å². The minimum atomic E-state index is -0.902. The first-order valence-electron chi connectivity index (χ1n) is 6.18. The second-order valence-corrected chi connectivity index (χ2v) is 5.78. The number of hydrogen-bond acceptors (Lipinski definition) is 4. The van der Waals surface area contributed by atoms with E-state index in [-0.39, 0.29) is 27.0 Å². The third kappa shape index (κ3) is 4.64. The first-order valence-corrected chi connectivity index (χ1v) is 7.55. The maximum absolute atomic E-state index is 13.4. The summed E-state index contributed by atoms with van der Waals surface area (Å²) in [6, 6.07) is 6.83. The van der Waals surface area contributed by atoms with E-state index in [1.165, 1.54) is 18.2 Å². The van der Waals surface area contributed by atoms with Gasteiger partial charge in [0.25, 0.3) is 5.69 Å². The number of nitro benzene ring substituents is 1. The molecule has 5 nitrogen and oxygen atoms in total. The highest BCUT2D eigenvalue weighted by Gasteiger charge is 2.16. The van der Waals surface area contributed by atoms with Crippen molar-refractivity contribution < 1.29 is 18.5 Å². The summed E-state index contributed by atoms with van der Waals surface area (Å²) in [4.78, 5) is 22.4. The summed E-state index contributed by atoms with van der Waals surface area (Å²) in [5.41, 5.74) is -0.383. The van der Waals surface area contributed by atoms with E-state index in [4.69, 9.17) is 11.6 Å². The Morgan fingerprint density at radius 2 is 2.00 bits per heavy atom. The van der Waals surface area contributed by atoms with Gasteiger partial charge in [0.1, 0.15) is 11.6 Å². The molecule has 1 N–H and O–H groups in total. The number of nitrogens with one attached hydrogen (secondary N) is 1. The molecule has 0 aromatic heterocycles. The first-order chi connectivity index (χ1) is 10.9. The number of thioether (sulfide) groups is 1. The summed E-state index contributed by atoms with van der Waals surface area (Å²) in [5.74, 6) is -2.42. The molecule has 120 valence electrons. The number of amides is 1. The molecule has 0 bridgehead atoms. The van der Waals surface area contributed by atoms with Crippen LogP contribution in [0.4, 0.5) is 20.2 Å². The Hall–Kier alpha value is -2.19. The first kappa shape index (κ1) is 17.2. The lowest BCUT2D eigenvalue weighted by atomic mass is 10.3. The van der Waals surface area contributed by atoms with Gasteiger partial charge in [0.15, 0.2) is 0 Å². The van der Waals surface area contributed by atoms with Gasteiger partial charge in [-0.15, -0.1) is 11.8 Å². The molecule has 0 heterocycles. The zero-order chi connectivity index (χ0) is 17.0. The Balaban J connectivity index is 2.03. The van der Waals surface area contributed by atoms with Gasteiger partial charge in [-0.3, -0.25) is 14.9 Å². The van der Waals surface area contributed by atoms with Crippen LogP contribution in [0.1, 0.15) is 0 Å². The number of nitro groups is 1. The van der Waals surface area contributed by atoms with E-state index in [0.29, 0.717) is 6.07 Å². The molecule has 0 aliphatic rings. The minimum Gasteiger partial charge on any atom is -0.323 e. The van der Waals surface area contributed by atoms with E-state index in [0.717, 1.165) is 23.9 Å². The Kier molecular flexibility index (Phi) is 5.51. The second kappa shape index (κ2) is 7.38. The van der Waals surface area contributed by atoms with Gasteiger partial charge < -0.3 is 5.32 Å². The van der Waals surface area contributed by atoms with Gasteiger partial charge in [-0.05, 0) is 24.3 Å². The minimum absolute atomic E-state index is 0.164. The average Bonchev–Trinajstić information content (AvgIpc) is 2.48. The molecule has 0 aliphatic carbocycles. The smallest absolute Gasteiger partial charge is 0.284 e. The van der Waals surface area contributed by atoms with Crippen molar-refractivity contribution in [2.24, 2.45) is 0 Å². The standard InChI is InChI=1S/C14H9ClF2N2O3S/c15-8-1-4-13(12(5-8)19(21)22)23-7-14(20)18-11-3-2-9(16)6-10(11)17/h1-6H,7H2,(H,18,20). The molecule has 2 aromatic carbocycles. The normalized spacial score (nSPS) is 10.4. The molecule has 0 saturated carbocycles. The van der Waals surface area contributed by atoms with Crippen LogP contribution in [0.25, 0.3) is 0 Å². The Labute approximate surface area is 138 Å². The maximum atomic E-state index is 13.4. The molecule has 0 saturated heterocycles. The number of halogens is 3. The van der Waals surface area contributed by atoms with Crippen LogP contribution in [0, 0.1) is 21.7 Å². The lowest BCUT2D eigenvalue weighted by molar-refractivity contribution is -0.387. The Morgan fingerprint density at radius 1 is 1.26 bits per heavy atom. The summed E-state index contributed by atoms with van der Waals surface area (Å²) >= 11 is 6.61. The van der Waals surface area contributed by atoms with Gasteiger partial charge in [-0.1, -0.05) is 11.6 Å². The van der Waals surface area contributed by atoms with Gasteiger partial charge in [0.2, 0.25) is 5.91 Å². The molecule has 0 unspecified atom stereocenters. The third-order valence-electron chi connectivity index (χ3n) is 2.68. The molecule has 23 heavy (non-hydrogen) atoms. The fraction of sp³-hybridized carbons (Fsp3) is 0.0714. The monoisotopic (exact) mass is 358 g/mol. The number of hydrogen-bond donors (Lipinski definition) is 1. The highest BCUT2D eigenvalue weighted by molar-refractivity contribution is 8.00. The van der Waals surface area contributed by atoms with Gasteiger partial charge in [-0.2, -0.15) is 0 Å². The fourth-order valence-corrected chi connectivity index (χ4v) is 2.65. The van der Waals surface area contributed by atoms with Crippen molar-refractivity contribution in [2.45, 2.75) is 4.90 Å². The number of nitrogens with zero attached hydrogens (tertiary/aromatic N) is 1. The molecule has 2 rings (SSSR count). The van der Waals surface area contributed by atoms with Gasteiger partial charge in [-0.25, -0.2) is 8.78 Å². The summed E-state index contributed by atoms with van der Waals surface area (Å²) in [6.07, 6.45) is 0. The number of carbonyl (C=O) groups is 1. The number of carbonyl (C=O) groups excluding carboxylic acids is 1. The van der Waals surface area contributed by atoms with E-state index in [9.17, 15) is 23.7 Å². The fourth-order valence-electron chi connectivity index (χ4n) is 1.68. The van der Waals surface area contributed by atoms with E-state index < -0.39 is 22.5 Å². The molecule has 1 amide bonds. The largest absolute Gasteiger partial charge is 0.323 e. The summed E-state index contributed by atoms with van der Waals surface area (Å²) in [6.45, 7) is 0. The van der Waals surface area contributed by atoms with Crippen molar-refractivity contribution in [3.63, 3.8) is 0 Å². The molecule has 9 heteroatoms. The van der Waals surface area contributed by atoms with Crippen LogP contribution in [-0.2, 0) is 4.79 Å². The number of anilines is 1. The highest BCUT2D eigenvalue weighted by atomic mass is 35.5. The van der Waals surface area contributed by atoms with E-state index in [2.05, 4.69) is 5.32 Å². The van der Waals surface area contributed by atoms with Crippen LogP contribution in [0.3, 0.4) is 0 Å². The third-order valence-corrected chi connectivity index (χ3v) is 3.98. The molecule has 0 aliphatic heterocycles. The van der Waals surface area contributed by atoms with Crippen molar-refractivity contribution in [1.82, 2.24) is 0 Å². The number of rotatable bonds is 5. The lowest BCUT2D eigenvalue weighted by Crippen LogP contribution is -2.15. The molecular weight excluding hydrogens is 350 g/mol. The zero-order valence-corrected chi connectivity index (χ0v) is 13.0. The topological polar surface area (TPSA) is 72.2 Å². The quantitative estimate of drug-likeness (QED) is 0.492. The summed E-state index contributed by atoms with van der Waals surface area (Å²) in [7, 11) is 0. The predicted octanol–water partition coefficient (Wildman–Crippen LogP) is 4.26. The molecule has 0 spiro atoms. The van der Waals surface area contributed by atoms with Crippen LogP contribution < -0.4 is 5.32 Å². The molecule has 0 atom stereocenters. The van der Waals surface area contributed by atoms with E-state index in [1.807, 2.05) is 0 Å². The van der Waals surface area contributed by atoms with Crippen molar-refractivity contribution in [1.29, 1.82) is 0 Å². The van der Waals surface area contributed by atoms with Crippen molar-refractivity contribution >= 4 is 40.6 Å². The molecule has 0 fully saturated rings. The SMILES string of the molecule is O=C(CSc1ccc(Cl)cc1[N+](=O)[O-])Nc1ccc(F)cc1F. The van der Waals surface area contributed by atoms with Crippen LogP contribution >= 0.6 is 23.4 Å². The van der Waals surface area contributed by atoms with E-state index in [1.54, 1.807) is 0 Å². The van der Waals surface area contributed by atoms with Crippen LogP contribution in [0.2, 0.25) is 5.02 Å².